The molecule has 0 atom stereocenters. The summed E-state index contributed by atoms with van der Waals surface area (Å²) in [6.07, 6.45) is 3.74. The van der Waals surface area contributed by atoms with Crippen LogP contribution < -0.4 is 16.0 Å². The van der Waals surface area contributed by atoms with Crippen molar-refractivity contribution in [2.24, 2.45) is 10.1 Å². The summed E-state index contributed by atoms with van der Waals surface area (Å²) >= 11 is 0. The molecule has 1 N–H and O–H groups in total. The second-order valence-corrected chi connectivity index (χ2v) is 8.97. The predicted molar refractivity (Wildman–Crippen MR) is 143 cm³/mol. The first-order valence-electron chi connectivity index (χ1n) is 12.1. The first-order valence-corrected chi connectivity index (χ1v) is 12.1. The van der Waals surface area contributed by atoms with Gasteiger partial charge in [-0.25, -0.2) is 9.98 Å². The van der Waals surface area contributed by atoms with Gasteiger partial charge in [-0.3, -0.25) is 10.2 Å². The summed E-state index contributed by atoms with van der Waals surface area (Å²) in [7, 11) is 0. The molecule has 1 aliphatic heterocycles. The fourth-order valence-electron chi connectivity index (χ4n) is 5.01. The number of rotatable bonds is 7. The van der Waals surface area contributed by atoms with Crippen LogP contribution in [0.2, 0.25) is 0 Å². The number of carbonyl (C=O) groups is 1. The number of hydrogen-bond donors (Lipinski definition) is 1. The SMILES string of the molecule is Cc1nc(/C=N/NC2=c3ccccc3=NC2=O)cc2c3ccccc3n(CCCc3ccccc3)c12. The van der Waals surface area contributed by atoms with Crippen LogP contribution in [-0.2, 0) is 17.8 Å². The molecular formula is C30H25N5O. The van der Waals surface area contributed by atoms with Crippen molar-refractivity contribution in [2.45, 2.75) is 26.3 Å². The molecule has 6 rings (SSSR count). The summed E-state index contributed by atoms with van der Waals surface area (Å²) < 4.78 is 2.39. The van der Waals surface area contributed by atoms with Gasteiger partial charge in [0.15, 0.2) is 0 Å². The Balaban J connectivity index is 1.32. The van der Waals surface area contributed by atoms with Crippen molar-refractivity contribution in [1.82, 2.24) is 15.0 Å². The Morgan fingerprint density at radius 2 is 1.72 bits per heavy atom. The molecule has 5 aromatic rings. The molecule has 0 bridgehead atoms. The van der Waals surface area contributed by atoms with E-state index in [9.17, 15) is 4.79 Å². The molecule has 0 radical (unpaired) electrons. The number of hydrazone groups is 1. The van der Waals surface area contributed by atoms with E-state index in [1.807, 2.05) is 31.2 Å². The van der Waals surface area contributed by atoms with Crippen LogP contribution in [0.5, 0.6) is 0 Å². The number of aromatic nitrogens is 2. The number of nitrogens with one attached hydrogen (secondary N) is 1. The lowest BCUT2D eigenvalue weighted by Gasteiger charge is -2.09. The van der Waals surface area contributed by atoms with Gasteiger partial charge in [0.2, 0.25) is 0 Å². The largest absolute Gasteiger partial charge is 0.339 e. The second-order valence-electron chi connectivity index (χ2n) is 8.97. The molecule has 3 aromatic carbocycles. The first kappa shape index (κ1) is 21.9. The van der Waals surface area contributed by atoms with E-state index in [1.54, 1.807) is 6.21 Å². The Hall–Kier alpha value is -4.58. The molecule has 0 unspecified atom stereocenters. The maximum absolute atomic E-state index is 12.3. The molecule has 36 heavy (non-hydrogen) atoms. The van der Waals surface area contributed by atoms with Gasteiger partial charge in [-0.05, 0) is 43.5 Å². The molecule has 2 aromatic heterocycles. The molecule has 6 heteroatoms. The number of fused-ring (bicyclic) bond motifs is 4. The van der Waals surface area contributed by atoms with Crippen LogP contribution >= 0.6 is 0 Å². The summed E-state index contributed by atoms with van der Waals surface area (Å²) in [6, 6.07) is 28.6. The average Bonchev–Trinajstić information content (AvgIpc) is 3.39. The number of para-hydroxylation sites is 2. The minimum absolute atomic E-state index is 0.313. The summed E-state index contributed by atoms with van der Waals surface area (Å²) in [4.78, 5) is 21.2. The first-order chi connectivity index (χ1) is 17.7. The predicted octanol–water partition coefficient (Wildman–Crippen LogP) is 4.02. The Bertz CT molecular complexity index is 1770. The Morgan fingerprint density at radius 3 is 2.61 bits per heavy atom. The van der Waals surface area contributed by atoms with Crippen molar-refractivity contribution in [2.75, 3.05) is 0 Å². The second kappa shape index (κ2) is 9.23. The zero-order valence-corrected chi connectivity index (χ0v) is 20.0. The van der Waals surface area contributed by atoms with E-state index in [4.69, 9.17) is 4.98 Å². The molecule has 0 aliphatic carbocycles. The molecule has 0 spiro atoms. The summed E-state index contributed by atoms with van der Waals surface area (Å²) in [5.74, 6) is -0.313. The van der Waals surface area contributed by atoms with E-state index < -0.39 is 0 Å². The Kier molecular flexibility index (Phi) is 5.62. The van der Waals surface area contributed by atoms with Crippen molar-refractivity contribution >= 4 is 39.6 Å². The van der Waals surface area contributed by atoms with E-state index >= 15 is 0 Å². The maximum atomic E-state index is 12.3. The zero-order valence-electron chi connectivity index (χ0n) is 20.0. The van der Waals surface area contributed by atoms with Crippen LogP contribution in [0.4, 0.5) is 0 Å². The van der Waals surface area contributed by atoms with Crippen molar-refractivity contribution in [3.05, 3.63) is 112 Å². The Morgan fingerprint density at radius 1 is 0.944 bits per heavy atom. The zero-order chi connectivity index (χ0) is 24.5. The standard InChI is InChI=1S/C30H25N5O/c1-20-29-25(18-22(32-20)19-31-34-28-24-14-5-7-15-26(24)33-30(28)36)23-13-6-8-16-27(23)35(29)17-9-12-21-10-3-2-4-11-21/h2-8,10-11,13-16,18-19H,9,12,17H2,1H3,(H,33,34,36)/b31-19+. The number of pyridine rings is 1. The number of aryl methyl sites for hydroxylation is 3. The van der Waals surface area contributed by atoms with E-state index in [1.165, 1.54) is 16.5 Å². The van der Waals surface area contributed by atoms with Crippen LogP contribution in [0.25, 0.3) is 27.5 Å². The number of benzene rings is 3. The number of hydrogen-bond acceptors (Lipinski definition) is 4. The highest BCUT2D eigenvalue weighted by molar-refractivity contribution is 6.14. The van der Waals surface area contributed by atoms with Crippen LogP contribution in [0.3, 0.4) is 0 Å². The molecular weight excluding hydrogens is 446 g/mol. The lowest BCUT2D eigenvalue weighted by molar-refractivity contribution is -0.113. The highest BCUT2D eigenvalue weighted by Gasteiger charge is 2.16. The van der Waals surface area contributed by atoms with Crippen LogP contribution in [0, 0.1) is 6.92 Å². The highest BCUT2D eigenvalue weighted by atomic mass is 16.1. The van der Waals surface area contributed by atoms with Gasteiger partial charge in [0.05, 0.1) is 28.5 Å². The summed E-state index contributed by atoms with van der Waals surface area (Å²) in [5.41, 5.74) is 8.68. The topological polar surface area (TPSA) is 71.6 Å². The monoisotopic (exact) mass is 471 g/mol. The van der Waals surface area contributed by atoms with Gasteiger partial charge in [-0.15, -0.1) is 0 Å². The maximum Gasteiger partial charge on any atom is 0.296 e. The fourth-order valence-corrected chi connectivity index (χ4v) is 5.01. The smallest absolute Gasteiger partial charge is 0.296 e. The summed E-state index contributed by atoms with van der Waals surface area (Å²) in [5, 5.41) is 8.11. The van der Waals surface area contributed by atoms with Gasteiger partial charge in [-0.2, -0.15) is 5.10 Å². The molecule has 0 fully saturated rings. The van der Waals surface area contributed by atoms with E-state index in [0.29, 0.717) is 11.1 Å². The van der Waals surface area contributed by atoms with Crippen LogP contribution in [0.15, 0.2) is 95.0 Å². The summed E-state index contributed by atoms with van der Waals surface area (Å²) in [6.45, 7) is 2.96. The molecule has 6 nitrogen and oxygen atoms in total. The van der Waals surface area contributed by atoms with Gasteiger partial charge in [-0.1, -0.05) is 66.7 Å². The van der Waals surface area contributed by atoms with Crippen LogP contribution in [0.1, 0.15) is 23.4 Å². The van der Waals surface area contributed by atoms with Crippen molar-refractivity contribution < 1.29 is 4.79 Å². The van der Waals surface area contributed by atoms with Gasteiger partial charge in [0.1, 0.15) is 5.70 Å². The molecule has 0 saturated heterocycles. The third kappa shape index (κ3) is 3.96. The molecule has 0 saturated carbocycles. The molecule has 3 heterocycles. The fraction of sp³-hybridized carbons (Fsp3) is 0.133. The van der Waals surface area contributed by atoms with E-state index in [2.05, 4.69) is 80.8 Å². The minimum atomic E-state index is -0.313. The number of carbonyl (C=O) groups excluding carboxylic acids is 1. The van der Waals surface area contributed by atoms with Gasteiger partial charge < -0.3 is 4.57 Å². The normalized spacial score (nSPS) is 13.0. The van der Waals surface area contributed by atoms with Gasteiger partial charge >= 0.3 is 0 Å². The molecule has 1 aliphatic rings. The third-order valence-corrected chi connectivity index (χ3v) is 6.61. The molecule has 176 valence electrons. The quantitative estimate of drug-likeness (QED) is 0.288. The minimum Gasteiger partial charge on any atom is -0.339 e. The van der Waals surface area contributed by atoms with E-state index in [0.717, 1.165) is 46.9 Å². The highest BCUT2D eigenvalue weighted by Crippen LogP contribution is 2.31. The van der Waals surface area contributed by atoms with Gasteiger partial charge in [0, 0.05) is 28.1 Å². The van der Waals surface area contributed by atoms with Crippen LogP contribution in [-0.4, -0.2) is 21.7 Å². The van der Waals surface area contributed by atoms with Gasteiger partial charge in [0.25, 0.3) is 5.91 Å². The average molecular weight is 472 g/mol. The number of nitrogens with zero attached hydrogens (tertiary/aromatic N) is 4. The number of amides is 1. The Labute approximate surface area is 208 Å². The lowest BCUT2D eigenvalue weighted by Crippen LogP contribution is -2.26. The van der Waals surface area contributed by atoms with Crippen molar-refractivity contribution in [3.8, 4) is 0 Å². The van der Waals surface area contributed by atoms with E-state index in [-0.39, 0.29) is 5.91 Å². The van der Waals surface area contributed by atoms with Crippen molar-refractivity contribution in [3.63, 3.8) is 0 Å². The van der Waals surface area contributed by atoms with Crippen molar-refractivity contribution in [1.29, 1.82) is 0 Å². The third-order valence-electron chi connectivity index (χ3n) is 6.61. The lowest BCUT2D eigenvalue weighted by atomic mass is 10.1. The molecule has 1 amide bonds.